The van der Waals surface area contributed by atoms with E-state index in [4.69, 9.17) is 53.3 Å². The summed E-state index contributed by atoms with van der Waals surface area (Å²) in [6.45, 7) is 19.5. The van der Waals surface area contributed by atoms with Crippen LogP contribution in [0.5, 0.6) is 0 Å². The van der Waals surface area contributed by atoms with Crippen LogP contribution in [-0.4, -0.2) is 206 Å². The number of aliphatic carboxylic acids is 3. The van der Waals surface area contributed by atoms with Gasteiger partial charge in [-0.25, -0.2) is 15.0 Å². The number of anilines is 3. The molecule has 9 atom stereocenters. The zero-order chi connectivity index (χ0) is 77.8. The third-order valence-corrected chi connectivity index (χ3v) is 23.9. The molecule has 6 saturated heterocycles. The van der Waals surface area contributed by atoms with Crippen molar-refractivity contribution in [2.45, 2.75) is 254 Å². The number of aromatic nitrogens is 6. The molecule has 0 aliphatic carbocycles. The maximum Gasteiger partial charge on any atom is 0.325 e. The van der Waals surface area contributed by atoms with Crippen LogP contribution in [0.3, 0.4) is 0 Å². The van der Waals surface area contributed by atoms with Crippen molar-refractivity contribution >= 4 is 35.4 Å². The number of nitrogens with one attached hydrogen (secondary N) is 3. The molecule has 0 saturated carbocycles. The van der Waals surface area contributed by atoms with Crippen molar-refractivity contribution in [3.8, 4) is 0 Å². The van der Waals surface area contributed by atoms with E-state index >= 15 is 0 Å². The van der Waals surface area contributed by atoms with Crippen LogP contribution in [0.15, 0.2) is 91.4 Å². The zero-order valence-corrected chi connectivity index (χ0v) is 66.7. The van der Waals surface area contributed by atoms with Gasteiger partial charge in [0, 0.05) is 174 Å². The van der Waals surface area contributed by atoms with Crippen molar-refractivity contribution in [3.05, 3.63) is 159 Å². The first-order valence-corrected chi connectivity index (χ1v) is 42.2. The molecule has 6 fully saturated rings. The van der Waals surface area contributed by atoms with E-state index in [9.17, 15) is 29.7 Å². The van der Waals surface area contributed by atoms with Gasteiger partial charge in [-0.15, -0.1) is 0 Å². The average Bonchev–Trinajstić information content (AvgIpc) is 1.24. The number of carbonyl (C=O) groups is 3. The molecule has 6 aromatic heterocycles. The Bertz CT molecular complexity index is 3870. The second kappa shape index (κ2) is 40.1. The van der Waals surface area contributed by atoms with E-state index in [1.807, 2.05) is 41.3 Å². The van der Waals surface area contributed by atoms with Crippen LogP contribution >= 0.6 is 0 Å². The Hall–Kier alpha value is -7.65. The molecule has 0 bridgehead atoms. The van der Waals surface area contributed by atoms with Gasteiger partial charge < -0.3 is 59.7 Å². The lowest BCUT2D eigenvalue weighted by Crippen LogP contribution is -2.36. The summed E-state index contributed by atoms with van der Waals surface area (Å²) in [4.78, 5) is 71.9. The molecule has 606 valence electrons. The van der Waals surface area contributed by atoms with Crippen molar-refractivity contribution < 1.29 is 58.1 Å². The highest BCUT2D eigenvalue weighted by Gasteiger charge is 2.42. The first kappa shape index (κ1) is 82.3. The lowest BCUT2D eigenvalue weighted by molar-refractivity contribution is -0.144. The highest BCUT2D eigenvalue weighted by Crippen LogP contribution is 2.43. The van der Waals surface area contributed by atoms with E-state index in [1.165, 1.54) is 36.0 Å². The summed E-state index contributed by atoms with van der Waals surface area (Å²) in [6, 6.07) is 22.3. The highest BCUT2D eigenvalue weighted by atomic mass is 16.5. The molecule has 9 aliphatic heterocycles. The van der Waals surface area contributed by atoms with E-state index in [-0.39, 0.29) is 47.5 Å². The summed E-state index contributed by atoms with van der Waals surface area (Å²) in [5.74, 6) is 1.09. The second-order valence-corrected chi connectivity index (χ2v) is 33.3. The third-order valence-electron chi connectivity index (χ3n) is 23.9. The van der Waals surface area contributed by atoms with Crippen molar-refractivity contribution in [2.24, 2.45) is 0 Å². The van der Waals surface area contributed by atoms with Gasteiger partial charge in [-0.3, -0.25) is 44.0 Å². The van der Waals surface area contributed by atoms with Gasteiger partial charge in [-0.2, -0.15) is 0 Å². The van der Waals surface area contributed by atoms with Crippen molar-refractivity contribution in [2.75, 3.05) is 114 Å². The summed E-state index contributed by atoms with van der Waals surface area (Å²) in [5, 5.41) is 40.9. The van der Waals surface area contributed by atoms with Gasteiger partial charge in [-0.05, 0) is 241 Å². The smallest absolute Gasteiger partial charge is 0.325 e. The Morgan fingerprint density at radius 2 is 0.821 bits per heavy atom. The monoisotopic (exact) mass is 1540 g/mol. The normalized spacial score (nSPS) is 23.7. The quantitative estimate of drug-likeness (QED) is 0.0228. The predicted octanol–water partition coefficient (Wildman–Crippen LogP) is 13.8. The number of carboxylic acid groups (broad SMARTS) is 3. The Labute approximate surface area is 662 Å². The Morgan fingerprint density at radius 3 is 1.17 bits per heavy atom. The van der Waals surface area contributed by atoms with E-state index in [2.05, 4.69) is 94.8 Å². The van der Waals surface area contributed by atoms with Gasteiger partial charge in [0.15, 0.2) is 0 Å². The lowest BCUT2D eigenvalue weighted by atomic mass is 9.83. The molecule has 15 rings (SSSR count). The molecule has 24 heteroatoms. The van der Waals surface area contributed by atoms with E-state index in [1.54, 1.807) is 18.6 Å². The number of hydrogen-bond acceptors (Lipinski definition) is 21. The molecule has 15 heterocycles. The molecule has 0 aromatic carbocycles. The number of aryl methyl sites for hydroxylation is 6. The molecule has 0 spiro atoms. The standard InChI is InChI=1S/2C30H42N4O4.C28H38N4O4/c2*1-30(2)19-22(13-18-38-30)26-25(9-6-14-31-26)27(29(35)36)34-16-12-24(20-34)37-17-4-3-8-23-11-10-21-7-5-15-32-28(21)33-23;33-28(34)26(23-9-6-14-29-25(23)24-10-2-4-18-36-24)32-16-13-22(19-32)35-17-3-1-8-21-12-11-20-7-5-15-30-27(20)31-21/h2*6,9-11,14,22,24,27H,3-5,7-8,12-13,15-20H2,1-2H3,(H,32,33)(H,35,36);6,9,11-12,14,22,24,26H,1-5,7-8,10,13,15-19H2,(H,30,31)(H,33,34)/t22?,24-,27+;22?,24-,27-;22-,24?,26-/m111/s1. The summed E-state index contributed by atoms with van der Waals surface area (Å²) < 4.78 is 36.3. The molecular weight excluding hydrogens is 1420 g/mol. The molecule has 112 heavy (non-hydrogen) atoms. The van der Waals surface area contributed by atoms with Gasteiger partial charge in [-0.1, -0.05) is 36.4 Å². The second-order valence-electron chi connectivity index (χ2n) is 33.3. The fourth-order valence-electron chi connectivity index (χ4n) is 18.2. The minimum Gasteiger partial charge on any atom is -0.480 e. The number of carboxylic acids is 3. The van der Waals surface area contributed by atoms with Gasteiger partial charge in [0.2, 0.25) is 0 Å². The van der Waals surface area contributed by atoms with Crippen LogP contribution < -0.4 is 16.0 Å². The number of fused-ring (bicyclic) bond motifs is 3. The number of nitrogens with zero attached hydrogens (tertiary/aromatic N) is 9. The Morgan fingerprint density at radius 1 is 0.455 bits per heavy atom. The van der Waals surface area contributed by atoms with E-state index < -0.39 is 36.0 Å². The highest BCUT2D eigenvalue weighted by molar-refractivity contribution is 5.77. The fraction of sp³-hybridized carbons (Fsp3) is 0.625. The maximum atomic E-state index is 12.5. The lowest BCUT2D eigenvalue weighted by Gasteiger charge is -2.36. The first-order valence-electron chi connectivity index (χ1n) is 42.2. The van der Waals surface area contributed by atoms with Gasteiger partial charge in [0.1, 0.15) is 35.6 Å². The zero-order valence-electron chi connectivity index (χ0n) is 66.7. The van der Waals surface area contributed by atoms with Crippen LogP contribution in [0.2, 0.25) is 0 Å². The summed E-state index contributed by atoms with van der Waals surface area (Å²) >= 11 is 0. The van der Waals surface area contributed by atoms with Gasteiger partial charge in [0.05, 0.1) is 41.3 Å². The number of rotatable bonds is 30. The number of unbranched alkanes of at least 4 members (excludes halogenated alkanes) is 3. The third kappa shape index (κ3) is 22.5. The van der Waals surface area contributed by atoms with Crippen LogP contribution in [0.25, 0.3) is 0 Å². The van der Waals surface area contributed by atoms with E-state index in [0.717, 1.165) is 229 Å². The average molecular weight is 1540 g/mol. The van der Waals surface area contributed by atoms with Crippen LogP contribution in [-0.2, 0) is 81.3 Å². The summed E-state index contributed by atoms with van der Waals surface area (Å²) in [5.41, 5.74) is 11.9. The Kier molecular flexibility index (Phi) is 29.5. The molecule has 24 nitrogen and oxygen atoms in total. The first-order chi connectivity index (χ1) is 54.5. The number of hydrogen-bond donors (Lipinski definition) is 6. The van der Waals surface area contributed by atoms with E-state index in [0.29, 0.717) is 78.9 Å². The van der Waals surface area contributed by atoms with Crippen molar-refractivity contribution in [1.29, 1.82) is 0 Å². The van der Waals surface area contributed by atoms with Crippen LogP contribution in [0, 0.1) is 0 Å². The number of pyridine rings is 6. The van der Waals surface area contributed by atoms with Gasteiger partial charge in [0.25, 0.3) is 0 Å². The summed E-state index contributed by atoms with van der Waals surface area (Å²) in [6.07, 6.45) is 30.0. The molecule has 3 unspecified atom stereocenters. The molecule has 0 amide bonds. The number of likely N-dealkylation sites (tertiary alicyclic amines) is 3. The van der Waals surface area contributed by atoms with Gasteiger partial charge >= 0.3 is 17.9 Å². The topological polar surface area (TPSA) is 290 Å². The summed E-state index contributed by atoms with van der Waals surface area (Å²) in [7, 11) is 0. The van der Waals surface area contributed by atoms with Crippen molar-refractivity contribution in [1.82, 2.24) is 44.6 Å². The molecule has 9 aliphatic rings. The van der Waals surface area contributed by atoms with Crippen molar-refractivity contribution in [3.63, 3.8) is 0 Å². The molecular formula is C88H122N12O12. The SMILES string of the molecule is CC1(C)CC(c2ncccc2[C@@H](C(=O)O)N2CC[C@@H](OCCCCc3ccc4c(n3)NCCC4)C2)CCO1.CC1(C)CC(c2ncccc2[C@H](C(=O)O)N2CC[C@@H](OCCCCc3ccc4c(n3)NCCC4)C2)CCO1.O=C(O)[C@@H](c1cccnc1C1CCCCO1)N1CC[C@@H](OCCCCc2ccc3c(n2)NCCC3)C1. The number of ether oxygens (including phenoxy) is 6. The molecule has 0 radical (unpaired) electrons. The van der Waals surface area contributed by atoms with Crippen LogP contribution in [0.1, 0.15) is 253 Å². The Balaban J connectivity index is 0.000000147. The largest absolute Gasteiger partial charge is 0.480 e. The molecule has 6 N–H and O–H groups in total. The minimum atomic E-state index is -0.840. The maximum absolute atomic E-state index is 12.5. The predicted molar refractivity (Wildman–Crippen MR) is 430 cm³/mol. The fourth-order valence-corrected chi connectivity index (χ4v) is 18.2. The minimum absolute atomic E-state index is 0.0592. The van der Waals surface area contributed by atoms with Crippen LogP contribution in [0.4, 0.5) is 17.5 Å². The molecule has 6 aromatic rings.